The van der Waals surface area contributed by atoms with Crippen molar-refractivity contribution in [1.29, 1.82) is 0 Å². The van der Waals surface area contributed by atoms with Crippen LogP contribution in [0.5, 0.6) is 5.75 Å². The summed E-state index contributed by atoms with van der Waals surface area (Å²) in [5.41, 5.74) is 2.03. The lowest BCUT2D eigenvalue weighted by molar-refractivity contribution is -0.123. The number of hydrogen-bond acceptors (Lipinski definition) is 6. The zero-order valence-corrected chi connectivity index (χ0v) is 17.2. The molecule has 2 aromatic carbocycles. The number of benzene rings is 2. The van der Waals surface area contributed by atoms with Gasteiger partial charge in [0.25, 0.3) is 5.91 Å². The first-order valence-corrected chi connectivity index (χ1v) is 10.4. The Balaban J connectivity index is 2.16. The normalized spacial score (nSPS) is 12.2. The zero-order chi connectivity index (χ0) is 21.1. The van der Waals surface area contributed by atoms with E-state index >= 15 is 0 Å². The summed E-state index contributed by atoms with van der Waals surface area (Å²) in [6.45, 7) is 4.96. The van der Waals surface area contributed by atoms with Crippen molar-refractivity contribution in [3.05, 3.63) is 53.1 Å². The van der Waals surface area contributed by atoms with Gasteiger partial charge in [0.05, 0.1) is 23.3 Å². The van der Waals surface area contributed by atoms with Gasteiger partial charge in [0.1, 0.15) is 5.75 Å². The quantitative estimate of drug-likeness (QED) is 0.742. The van der Waals surface area contributed by atoms with E-state index in [9.17, 15) is 18.0 Å². The molecule has 0 aliphatic carbocycles. The number of hydrogen-bond donors (Lipinski definition) is 1. The molecule has 1 unspecified atom stereocenters. The molecule has 0 bridgehead atoms. The minimum Gasteiger partial charge on any atom is -0.495 e. The Kier molecular flexibility index (Phi) is 6.45. The van der Waals surface area contributed by atoms with Gasteiger partial charge in [0.15, 0.2) is 15.9 Å². The minimum atomic E-state index is -3.47. The molecule has 0 saturated carbocycles. The predicted octanol–water partition coefficient (Wildman–Crippen LogP) is 2.90. The molecule has 0 radical (unpaired) electrons. The minimum absolute atomic E-state index is 0.00616. The molecule has 0 aromatic heterocycles. The van der Waals surface area contributed by atoms with Gasteiger partial charge in [0.2, 0.25) is 0 Å². The second-order valence-corrected chi connectivity index (χ2v) is 8.51. The van der Waals surface area contributed by atoms with Crippen molar-refractivity contribution in [3.63, 3.8) is 0 Å². The summed E-state index contributed by atoms with van der Waals surface area (Å²) in [7, 11) is -1.99. The topological polar surface area (TPSA) is 98.8 Å². The third-order valence-electron chi connectivity index (χ3n) is 4.12. The number of rotatable bonds is 6. The highest BCUT2D eigenvalue weighted by Crippen LogP contribution is 2.25. The summed E-state index contributed by atoms with van der Waals surface area (Å²) in [4.78, 5) is 24.9. The van der Waals surface area contributed by atoms with E-state index in [2.05, 4.69) is 5.32 Å². The van der Waals surface area contributed by atoms with E-state index in [1.54, 1.807) is 19.1 Å². The SMILES string of the molecule is COc1ccc(C)cc1NC(=O)C(C)OC(=O)c1cc(S(C)(=O)=O)ccc1C. The van der Waals surface area contributed by atoms with Crippen LogP contribution in [0.3, 0.4) is 0 Å². The molecule has 1 amide bonds. The fourth-order valence-corrected chi connectivity index (χ4v) is 3.13. The molecule has 2 rings (SSSR count). The number of anilines is 1. The predicted molar refractivity (Wildman–Crippen MR) is 106 cm³/mol. The smallest absolute Gasteiger partial charge is 0.339 e. The van der Waals surface area contributed by atoms with Gasteiger partial charge in [-0.25, -0.2) is 13.2 Å². The lowest BCUT2D eigenvalue weighted by Crippen LogP contribution is -2.30. The highest BCUT2D eigenvalue weighted by Gasteiger charge is 2.22. The first-order valence-electron chi connectivity index (χ1n) is 8.50. The second kappa shape index (κ2) is 8.43. The number of esters is 1. The maximum absolute atomic E-state index is 12.5. The van der Waals surface area contributed by atoms with Gasteiger partial charge < -0.3 is 14.8 Å². The van der Waals surface area contributed by atoms with Crippen LogP contribution < -0.4 is 10.1 Å². The van der Waals surface area contributed by atoms with Gasteiger partial charge in [-0.3, -0.25) is 4.79 Å². The largest absolute Gasteiger partial charge is 0.495 e. The van der Waals surface area contributed by atoms with Crippen LogP contribution in [0.2, 0.25) is 0 Å². The van der Waals surface area contributed by atoms with Crippen LogP contribution in [-0.2, 0) is 19.4 Å². The lowest BCUT2D eigenvalue weighted by atomic mass is 10.1. The summed E-state index contributed by atoms with van der Waals surface area (Å²) in [5.74, 6) is -0.829. The van der Waals surface area contributed by atoms with Gasteiger partial charge >= 0.3 is 5.97 Å². The van der Waals surface area contributed by atoms with E-state index in [0.29, 0.717) is 17.0 Å². The van der Waals surface area contributed by atoms with Crippen molar-refractivity contribution in [1.82, 2.24) is 0 Å². The van der Waals surface area contributed by atoms with Crippen molar-refractivity contribution < 1.29 is 27.5 Å². The maximum atomic E-state index is 12.5. The van der Waals surface area contributed by atoms with E-state index in [4.69, 9.17) is 9.47 Å². The molecule has 0 aliphatic heterocycles. The van der Waals surface area contributed by atoms with E-state index in [-0.39, 0.29) is 10.5 Å². The molecule has 150 valence electrons. The van der Waals surface area contributed by atoms with E-state index < -0.39 is 27.8 Å². The molecule has 2 aromatic rings. The van der Waals surface area contributed by atoms with Gasteiger partial charge in [-0.05, 0) is 56.2 Å². The van der Waals surface area contributed by atoms with Crippen molar-refractivity contribution in [3.8, 4) is 5.75 Å². The molecule has 0 spiro atoms. The van der Waals surface area contributed by atoms with Crippen LogP contribution in [0, 0.1) is 13.8 Å². The molecule has 0 heterocycles. The molecule has 0 fully saturated rings. The second-order valence-electron chi connectivity index (χ2n) is 6.49. The molecule has 8 heteroatoms. The van der Waals surface area contributed by atoms with Crippen LogP contribution in [-0.4, -0.2) is 39.8 Å². The third-order valence-corrected chi connectivity index (χ3v) is 5.23. The van der Waals surface area contributed by atoms with Crippen LogP contribution in [0.15, 0.2) is 41.3 Å². The number of aryl methyl sites for hydroxylation is 2. The Hall–Kier alpha value is -2.87. The molecule has 7 nitrogen and oxygen atoms in total. The Morgan fingerprint density at radius 1 is 1.07 bits per heavy atom. The first kappa shape index (κ1) is 21.4. The number of nitrogens with one attached hydrogen (secondary N) is 1. The van der Waals surface area contributed by atoms with E-state index in [1.165, 1.54) is 32.2 Å². The molecule has 1 N–H and O–H groups in total. The highest BCUT2D eigenvalue weighted by molar-refractivity contribution is 7.90. The van der Waals surface area contributed by atoms with Crippen molar-refractivity contribution >= 4 is 27.4 Å². The fraction of sp³-hybridized carbons (Fsp3) is 0.300. The number of ether oxygens (including phenoxy) is 2. The first-order chi connectivity index (χ1) is 13.0. The van der Waals surface area contributed by atoms with E-state index in [1.807, 2.05) is 13.0 Å². The maximum Gasteiger partial charge on any atom is 0.339 e. The average Bonchev–Trinajstić information content (AvgIpc) is 2.61. The van der Waals surface area contributed by atoms with Crippen molar-refractivity contribution in [2.45, 2.75) is 31.8 Å². The van der Waals surface area contributed by atoms with Crippen LogP contribution in [0.25, 0.3) is 0 Å². The van der Waals surface area contributed by atoms with Gasteiger partial charge in [0, 0.05) is 6.26 Å². The summed E-state index contributed by atoms with van der Waals surface area (Å²) < 4.78 is 33.9. The monoisotopic (exact) mass is 405 g/mol. The van der Waals surface area contributed by atoms with E-state index in [0.717, 1.165) is 11.8 Å². The Morgan fingerprint density at radius 3 is 2.36 bits per heavy atom. The molecule has 28 heavy (non-hydrogen) atoms. The molecule has 0 saturated heterocycles. The van der Waals surface area contributed by atoms with Crippen molar-refractivity contribution in [2.75, 3.05) is 18.7 Å². The lowest BCUT2D eigenvalue weighted by Gasteiger charge is -2.16. The van der Waals surface area contributed by atoms with Gasteiger partial charge in [-0.2, -0.15) is 0 Å². The Morgan fingerprint density at radius 2 is 1.75 bits per heavy atom. The molecular weight excluding hydrogens is 382 g/mol. The highest BCUT2D eigenvalue weighted by atomic mass is 32.2. The summed E-state index contributed by atoms with van der Waals surface area (Å²) in [6, 6.07) is 9.50. The van der Waals surface area contributed by atoms with Crippen molar-refractivity contribution in [2.24, 2.45) is 0 Å². The average molecular weight is 405 g/mol. The Labute approximate surface area is 164 Å². The third kappa shape index (κ3) is 5.10. The molecular formula is C20H23NO6S. The fourth-order valence-electron chi connectivity index (χ4n) is 2.48. The molecule has 1 atom stereocenters. The Bertz CT molecular complexity index is 1010. The number of carbonyl (C=O) groups is 2. The number of sulfone groups is 1. The zero-order valence-electron chi connectivity index (χ0n) is 16.4. The number of amides is 1. The van der Waals surface area contributed by atoms with Gasteiger partial charge in [-0.15, -0.1) is 0 Å². The van der Waals surface area contributed by atoms with Gasteiger partial charge in [-0.1, -0.05) is 12.1 Å². The van der Waals surface area contributed by atoms with Crippen LogP contribution in [0.4, 0.5) is 5.69 Å². The summed E-state index contributed by atoms with van der Waals surface area (Å²) in [5, 5.41) is 2.67. The standard InChI is InChI=1S/C20H23NO6S/c1-12-6-9-18(26-4)17(10-12)21-19(22)14(3)27-20(23)16-11-15(28(5,24)25)8-7-13(16)2/h6-11,14H,1-5H3,(H,21,22). The van der Waals surface area contributed by atoms with Crippen LogP contribution in [0.1, 0.15) is 28.4 Å². The number of carbonyl (C=O) groups excluding carboxylic acids is 2. The summed E-state index contributed by atoms with van der Waals surface area (Å²) in [6.07, 6.45) is -0.0445. The van der Waals surface area contributed by atoms with Crippen LogP contribution >= 0.6 is 0 Å². The number of methoxy groups -OCH3 is 1. The summed E-state index contributed by atoms with van der Waals surface area (Å²) >= 11 is 0. The molecule has 0 aliphatic rings.